The Labute approximate surface area is 134 Å². The van der Waals surface area contributed by atoms with Gasteiger partial charge in [0.1, 0.15) is 11.7 Å². The summed E-state index contributed by atoms with van der Waals surface area (Å²) in [6.07, 6.45) is 2.97. The van der Waals surface area contributed by atoms with E-state index in [4.69, 9.17) is 9.47 Å². The minimum absolute atomic E-state index is 0.274. The number of para-hydroxylation sites is 1. The zero-order valence-electron chi connectivity index (χ0n) is 13.0. The van der Waals surface area contributed by atoms with Crippen molar-refractivity contribution in [3.8, 4) is 5.75 Å². The molecule has 2 bridgehead atoms. The third-order valence-corrected chi connectivity index (χ3v) is 4.55. The van der Waals surface area contributed by atoms with E-state index in [-0.39, 0.29) is 12.5 Å². The van der Waals surface area contributed by atoms with Gasteiger partial charge in [-0.3, -0.25) is 9.59 Å². The molecule has 6 nitrogen and oxygen atoms in total. The van der Waals surface area contributed by atoms with Gasteiger partial charge in [0.15, 0.2) is 0 Å². The number of hydrogen-bond donors (Lipinski definition) is 2. The molecule has 1 aromatic carbocycles. The summed E-state index contributed by atoms with van der Waals surface area (Å²) < 4.78 is 10.9. The van der Waals surface area contributed by atoms with Gasteiger partial charge in [0.25, 0.3) is 0 Å². The van der Waals surface area contributed by atoms with Crippen LogP contribution in [0.3, 0.4) is 0 Å². The maximum Gasteiger partial charge on any atom is 0.310 e. The van der Waals surface area contributed by atoms with Crippen molar-refractivity contribution in [3.63, 3.8) is 0 Å². The summed E-state index contributed by atoms with van der Waals surface area (Å²) in [5.74, 6) is -2.26. The van der Waals surface area contributed by atoms with E-state index < -0.39 is 29.5 Å². The van der Waals surface area contributed by atoms with E-state index >= 15 is 0 Å². The van der Waals surface area contributed by atoms with Gasteiger partial charge in [-0.2, -0.15) is 0 Å². The molecular weight excluding hydrogens is 298 g/mol. The number of aliphatic carboxylic acids is 1. The van der Waals surface area contributed by atoms with Gasteiger partial charge in [-0.25, -0.2) is 0 Å². The van der Waals surface area contributed by atoms with E-state index in [0.717, 1.165) is 5.56 Å². The van der Waals surface area contributed by atoms with Crippen LogP contribution in [0.2, 0.25) is 0 Å². The highest BCUT2D eigenvalue weighted by atomic mass is 16.5. The lowest BCUT2D eigenvalue weighted by atomic mass is 9.75. The number of rotatable bonds is 5. The first-order chi connectivity index (χ1) is 11.0. The molecule has 1 saturated heterocycles. The molecule has 122 valence electrons. The van der Waals surface area contributed by atoms with Crippen LogP contribution >= 0.6 is 0 Å². The molecule has 1 amide bonds. The predicted molar refractivity (Wildman–Crippen MR) is 81.9 cm³/mol. The van der Waals surface area contributed by atoms with Crippen molar-refractivity contribution in [2.24, 2.45) is 11.8 Å². The summed E-state index contributed by atoms with van der Waals surface area (Å²) in [6, 6.07) is 7.37. The standard InChI is InChI=1S/C17H19NO5/c1-17-8-7-12(23-17)13(16(20)21)14(17)15(19)18-9-10-5-3-4-6-11(10)22-2/h3-8,12-14H,9H2,1-2H3,(H,18,19)(H,20,21)/t12-,13+,14-,17-/m1/s1. The molecule has 2 aliphatic heterocycles. The Hall–Kier alpha value is -2.34. The maximum atomic E-state index is 12.6. The minimum atomic E-state index is -1.01. The van der Waals surface area contributed by atoms with Crippen LogP contribution < -0.4 is 10.1 Å². The third kappa shape index (κ3) is 2.59. The van der Waals surface area contributed by atoms with Crippen molar-refractivity contribution in [2.45, 2.75) is 25.2 Å². The summed E-state index contributed by atoms with van der Waals surface area (Å²) >= 11 is 0. The highest BCUT2D eigenvalue weighted by Gasteiger charge is 2.59. The lowest BCUT2D eigenvalue weighted by molar-refractivity contribution is -0.147. The number of fused-ring (bicyclic) bond motifs is 2. The van der Waals surface area contributed by atoms with Gasteiger partial charge in [-0.1, -0.05) is 30.4 Å². The second kappa shape index (κ2) is 5.70. The zero-order valence-corrected chi connectivity index (χ0v) is 13.0. The first-order valence-corrected chi connectivity index (χ1v) is 7.46. The smallest absolute Gasteiger partial charge is 0.310 e. The predicted octanol–water partition coefficient (Wildman–Crippen LogP) is 1.36. The summed E-state index contributed by atoms with van der Waals surface area (Å²) in [5, 5.41) is 12.2. The lowest BCUT2D eigenvalue weighted by Gasteiger charge is -2.28. The highest BCUT2D eigenvalue weighted by Crippen LogP contribution is 2.47. The monoisotopic (exact) mass is 317 g/mol. The first kappa shape index (κ1) is 15.6. The molecule has 4 atom stereocenters. The number of ether oxygens (including phenoxy) is 2. The van der Waals surface area contributed by atoms with E-state index in [0.29, 0.717) is 5.75 Å². The minimum Gasteiger partial charge on any atom is -0.496 e. The fraction of sp³-hybridized carbons (Fsp3) is 0.412. The number of carbonyl (C=O) groups is 2. The van der Waals surface area contributed by atoms with Crippen molar-refractivity contribution < 1.29 is 24.2 Å². The molecule has 0 radical (unpaired) electrons. The van der Waals surface area contributed by atoms with Gasteiger partial charge in [-0.05, 0) is 13.0 Å². The third-order valence-electron chi connectivity index (χ3n) is 4.55. The molecule has 0 aromatic heterocycles. The van der Waals surface area contributed by atoms with Crippen molar-refractivity contribution in [1.29, 1.82) is 0 Å². The van der Waals surface area contributed by atoms with Crippen LogP contribution in [0.5, 0.6) is 5.75 Å². The molecule has 0 spiro atoms. The Kier molecular flexibility index (Phi) is 3.85. The SMILES string of the molecule is COc1ccccc1CNC(=O)[C@H]1[C@@H](C(=O)O)[C@H]2C=C[C@@]1(C)O2. The second-order valence-electron chi connectivity index (χ2n) is 6.00. The quantitative estimate of drug-likeness (QED) is 0.801. The molecule has 23 heavy (non-hydrogen) atoms. The van der Waals surface area contributed by atoms with Crippen molar-refractivity contribution in [3.05, 3.63) is 42.0 Å². The average Bonchev–Trinajstić information content (AvgIpc) is 3.06. The van der Waals surface area contributed by atoms with Crippen LogP contribution in [0.4, 0.5) is 0 Å². The topological polar surface area (TPSA) is 84.9 Å². The number of carbonyl (C=O) groups excluding carboxylic acids is 1. The molecule has 2 N–H and O–H groups in total. The molecule has 1 aromatic rings. The number of hydrogen-bond acceptors (Lipinski definition) is 4. The Morgan fingerprint density at radius 3 is 2.83 bits per heavy atom. The van der Waals surface area contributed by atoms with Crippen LogP contribution in [0, 0.1) is 11.8 Å². The Bertz CT molecular complexity index is 671. The number of carboxylic acid groups (broad SMARTS) is 1. The van der Waals surface area contributed by atoms with Crippen LogP contribution in [0.15, 0.2) is 36.4 Å². The van der Waals surface area contributed by atoms with Crippen LogP contribution in [0.25, 0.3) is 0 Å². The normalized spacial score (nSPS) is 31.1. The van der Waals surface area contributed by atoms with E-state index in [1.807, 2.05) is 24.3 Å². The van der Waals surface area contributed by atoms with Gasteiger partial charge in [0, 0.05) is 12.1 Å². The van der Waals surface area contributed by atoms with Crippen LogP contribution in [-0.2, 0) is 20.9 Å². The van der Waals surface area contributed by atoms with Crippen LogP contribution in [0.1, 0.15) is 12.5 Å². The van der Waals surface area contributed by atoms with E-state index in [1.165, 1.54) is 0 Å². The Morgan fingerprint density at radius 2 is 2.13 bits per heavy atom. The molecule has 2 heterocycles. The molecule has 6 heteroatoms. The van der Waals surface area contributed by atoms with Crippen molar-refractivity contribution in [2.75, 3.05) is 7.11 Å². The molecule has 2 aliphatic rings. The van der Waals surface area contributed by atoms with Gasteiger partial charge in [0.05, 0.1) is 24.7 Å². The summed E-state index contributed by atoms with van der Waals surface area (Å²) in [6.45, 7) is 2.02. The fourth-order valence-electron chi connectivity index (χ4n) is 3.42. The van der Waals surface area contributed by atoms with E-state index in [1.54, 1.807) is 26.2 Å². The fourth-order valence-corrected chi connectivity index (χ4v) is 3.42. The number of nitrogens with one attached hydrogen (secondary N) is 1. The molecule has 3 rings (SSSR count). The highest BCUT2D eigenvalue weighted by molar-refractivity contribution is 5.88. The maximum absolute atomic E-state index is 12.6. The Morgan fingerprint density at radius 1 is 1.39 bits per heavy atom. The lowest BCUT2D eigenvalue weighted by Crippen LogP contribution is -2.46. The zero-order chi connectivity index (χ0) is 16.6. The van der Waals surface area contributed by atoms with Crippen molar-refractivity contribution >= 4 is 11.9 Å². The van der Waals surface area contributed by atoms with Gasteiger partial charge in [-0.15, -0.1) is 0 Å². The van der Waals surface area contributed by atoms with Gasteiger partial charge >= 0.3 is 5.97 Å². The van der Waals surface area contributed by atoms with E-state index in [2.05, 4.69) is 5.32 Å². The number of methoxy groups -OCH3 is 1. The van der Waals surface area contributed by atoms with Crippen LogP contribution in [-0.4, -0.2) is 35.8 Å². The van der Waals surface area contributed by atoms with Gasteiger partial charge in [0.2, 0.25) is 5.91 Å². The summed E-state index contributed by atoms with van der Waals surface area (Å²) in [4.78, 5) is 24.1. The molecule has 0 saturated carbocycles. The van der Waals surface area contributed by atoms with Gasteiger partial charge < -0.3 is 19.9 Å². The number of carboxylic acids is 1. The van der Waals surface area contributed by atoms with E-state index in [9.17, 15) is 14.7 Å². The molecule has 1 fully saturated rings. The molecular formula is C17H19NO5. The first-order valence-electron chi connectivity index (χ1n) is 7.46. The number of amides is 1. The summed E-state index contributed by atoms with van der Waals surface area (Å²) in [7, 11) is 1.57. The Balaban J connectivity index is 1.75. The molecule has 0 aliphatic carbocycles. The number of benzene rings is 1. The van der Waals surface area contributed by atoms with Crippen molar-refractivity contribution in [1.82, 2.24) is 5.32 Å². The largest absolute Gasteiger partial charge is 0.496 e. The molecule has 0 unspecified atom stereocenters. The average molecular weight is 317 g/mol. The second-order valence-corrected chi connectivity index (χ2v) is 6.00. The summed E-state index contributed by atoms with van der Waals surface area (Å²) in [5.41, 5.74) is -0.0292.